The van der Waals surface area contributed by atoms with Gasteiger partial charge in [-0.15, -0.1) is 0 Å². The molecule has 0 saturated carbocycles. The van der Waals surface area contributed by atoms with Crippen LogP contribution in [0.15, 0.2) is 30.3 Å². The maximum absolute atomic E-state index is 12.9. The highest BCUT2D eigenvalue weighted by atomic mass is 16.4. The highest BCUT2D eigenvalue weighted by Gasteiger charge is 2.36. The molecule has 1 aromatic carbocycles. The highest BCUT2D eigenvalue weighted by Crippen LogP contribution is 2.26. The van der Waals surface area contributed by atoms with E-state index < -0.39 is 5.97 Å². The van der Waals surface area contributed by atoms with Gasteiger partial charge >= 0.3 is 5.97 Å². The van der Waals surface area contributed by atoms with Crippen molar-refractivity contribution in [1.82, 2.24) is 14.7 Å². The van der Waals surface area contributed by atoms with Gasteiger partial charge in [-0.2, -0.15) is 0 Å². The zero-order valence-corrected chi connectivity index (χ0v) is 20.8. The topological polar surface area (TPSA) is 64.1 Å². The van der Waals surface area contributed by atoms with Gasteiger partial charge in [0.2, 0.25) is 5.91 Å². The molecule has 0 aromatic heterocycles. The van der Waals surface area contributed by atoms with Gasteiger partial charge in [-0.1, -0.05) is 50.6 Å². The largest absolute Gasteiger partial charge is 0.480 e. The lowest BCUT2D eigenvalue weighted by Gasteiger charge is -2.39. The molecule has 0 spiro atoms. The fraction of sp³-hybridized carbons (Fsp3) is 0.704. The van der Waals surface area contributed by atoms with Crippen molar-refractivity contribution in [3.63, 3.8) is 0 Å². The van der Waals surface area contributed by atoms with Crippen LogP contribution in [0.1, 0.15) is 58.4 Å². The van der Waals surface area contributed by atoms with E-state index in [1.54, 1.807) is 0 Å². The Morgan fingerprint density at radius 2 is 1.79 bits per heavy atom. The average molecular weight is 458 g/mol. The van der Waals surface area contributed by atoms with Crippen LogP contribution in [-0.2, 0) is 16.0 Å². The summed E-state index contributed by atoms with van der Waals surface area (Å²) in [5, 5.41) is 9.71. The first-order valence-electron chi connectivity index (χ1n) is 13.0. The van der Waals surface area contributed by atoms with Gasteiger partial charge in [0.15, 0.2) is 0 Å². The monoisotopic (exact) mass is 457 g/mol. The summed E-state index contributed by atoms with van der Waals surface area (Å²) >= 11 is 0. The number of piperidine rings is 1. The summed E-state index contributed by atoms with van der Waals surface area (Å²) in [6, 6.07) is 10.2. The minimum atomic E-state index is -0.678. The quantitative estimate of drug-likeness (QED) is 0.548. The minimum absolute atomic E-state index is 0.177. The third kappa shape index (κ3) is 7.03. The summed E-state index contributed by atoms with van der Waals surface area (Å²) in [6.07, 6.45) is 5.43. The fourth-order valence-electron chi connectivity index (χ4n) is 5.70. The van der Waals surface area contributed by atoms with Crippen molar-refractivity contribution in [2.45, 2.75) is 71.4 Å². The van der Waals surface area contributed by atoms with Crippen LogP contribution in [0.2, 0.25) is 0 Å². The van der Waals surface area contributed by atoms with Crippen LogP contribution in [0.4, 0.5) is 0 Å². The number of carbonyl (C=O) groups is 2. The van der Waals surface area contributed by atoms with Gasteiger partial charge in [0.05, 0.1) is 0 Å². The van der Waals surface area contributed by atoms with Gasteiger partial charge in [0, 0.05) is 45.2 Å². The van der Waals surface area contributed by atoms with E-state index >= 15 is 0 Å². The number of aliphatic carboxylic acids is 1. The molecule has 2 heterocycles. The molecule has 2 aliphatic heterocycles. The summed E-state index contributed by atoms with van der Waals surface area (Å²) in [5.74, 6) is 0.317. The highest BCUT2D eigenvalue weighted by molar-refractivity contribution is 5.76. The number of rotatable bonds is 11. The molecule has 2 fully saturated rings. The summed E-state index contributed by atoms with van der Waals surface area (Å²) < 4.78 is 0. The first-order chi connectivity index (χ1) is 15.9. The van der Waals surface area contributed by atoms with Crippen LogP contribution >= 0.6 is 0 Å². The molecular weight excluding hydrogens is 414 g/mol. The number of benzene rings is 1. The second-order valence-corrected chi connectivity index (χ2v) is 10.0. The van der Waals surface area contributed by atoms with Crippen molar-refractivity contribution in [2.24, 2.45) is 11.8 Å². The summed E-state index contributed by atoms with van der Waals surface area (Å²) in [7, 11) is 0. The van der Waals surface area contributed by atoms with Crippen molar-refractivity contribution in [2.75, 3.05) is 39.3 Å². The number of hydrogen-bond donors (Lipinski definition) is 1. The Morgan fingerprint density at radius 3 is 2.39 bits per heavy atom. The Labute approximate surface area is 199 Å². The maximum Gasteiger partial charge on any atom is 0.321 e. The summed E-state index contributed by atoms with van der Waals surface area (Å²) in [4.78, 5) is 31.5. The molecule has 6 heteroatoms. The fourth-order valence-corrected chi connectivity index (χ4v) is 5.70. The van der Waals surface area contributed by atoms with Crippen molar-refractivity contribution >= 4 is 11.9 Å². The van der Waals surface area contributed by atoms with Crippen molar-refractivity contribution in [1.29, 1.82) is 0 Å². The third-order valence-electron chi connectivity index (χ3n) is 7.79. The standard InChI is InChI=1S/C27H43N3O3/c1-4-21(3)26(27(32)33)29-18-13-23(20-29)19-28-16-14-24(15-17-28)30(5-2)25(31)12-11-22-9-7-6-8-10-22/h6-10,21,23-24,26H,4-5,11-20H2,1-3H3,(H,32,33). The SMILES string of the molecule is CCC(C)C(C(=O)O)N1CCC(CN2CCC(N(CC)C(=O)CCc3ccccc3)CC2)C1. The number of nitrogens with zero attached hydrogens (tertiary/aromatic N) is 3. The van der Waals surface area contributed by atoms with E-state index in [0.717, 1.165) is 71.4 Å². The molecular formula is C27H43N3O3. The number of hydrogen-bond acceptors (Lipinski definition) is 4. The first kappa shape index (κ1) is 25.7. The molecule has 3 rings (SSSR count). The predicted molar refractivity (Wildman–Crippen MR) is 132 cm³/mol. The molecule has 1 aromatic rings. The molecule has 6 nitrogen and oxygen atoms in total. The summed E-state index contributed by atoms with van der Waals surface area (Å²) in [5.41, 5.74) is 1.22. The van der Waals surface area contributed by atoms with Crippen molar-refractivity contribution in [3.05, 3.63) is 35.9 Å². The van der Waals surface area contributed by atoms with E-state index in [2.05, 4.69) is 47.6 Å². The molecule has 184 valence electrons. The van der Waals surface area contributed by atoms with Gasteiger partial charge < -0.3 is 14.9 Å². The molecule has 1 N–H and O–H groups in total. The number of carboxylic acids is 1. The number of amides is 1. The van der Waals surface area contributed by atoms with E-state index in [-0.39, 0.29) is 17.9 Å². The van der Waals surface area contributed by atoms with E-state index in [4.69, 9.17) is 0 Å². The van der Waals surface area contributed by atoms with Gasteiger partial charge in [-0.25, -0.2) is 0 Å². The average Bonchev–Trinajstić information content (AvgIpc) is 3.27. The number of carboxylic acid groups (broad SMARTS) is 1. The first-order valence-corrected chi connectivity index (χ1v) is 13.0. The second-order valence-electron chi connectivity index (χ2n) is 10.0. The molecule has 2 saturated heterocycles. The molecule has 0 radical (unpaired) electrons. The molecule has 33 heavy (non-hydrogen) atoms. The minimum Gasteiger partial charge on any atom is -0.480 e. The van der Waals surface area contributed by atoms with E-state index in [0.29, 0.717) is 18.4 Å². The number of aryl methyl sites for hydroxylation is 1. The molecule has 0 aliphatic carbocycles. The Balaban J connectivity index is 1.43. The normalized spacial score (nSPS) is 22.2. The molecule has 3 atom stereocenters. The van der Waals surface area contributed by atoms with Crippen LogP contribution in [0.5, 0.6) is 0 Å². The zero-order chi connectivity index (χ0) is 23.8. The summed E-state index contributed by atoms with van der Waals surface area (Å²) in [6.45, 7) is 11.9. The molecule has 0 bridgehead atoms. The van der Waals surface area contributed by atoms with Crippen LogP contribution in [0.25, 0.3) is 0 Å². The molecule has 1 amide bonds. The van der Waals surface area contributed by atoms with Crippen molar-refractivity contribution < 1.29 is 14.7 Å². The lowest BCUT2D eigenvalue weighted by Crippen LogP contribution is -2.48. The van der Waals surface area contributed by atoms with E-state index in [9.17, 15) is 14.7 Å². The van der Waals surface area contributed by atoms with Crippen LogP contribution in [0.3, 0.4) is 0 Å². The Morgan fingerprint density at radius 1 is 1.09 bits per heavy atom. The van der Waals surface area contributed by atoms with Gasteiger partial charge in [0.25, 0.3) is 0 Å². The smallest absolute Gasteiger partial charge is 0.321 e. The Hall–Kier alpha value is -1.92. The van der Waals surface area contributed by atoms with Gasteiger partial charge in [-0.3, -0.25) is 14.5 Å². The predicted octanol–water partition coefficient (Wildman–Crippen LogP) is 3.75. The van der Waals surface area contributed by atoms with Gasteiger partial charge in [0.1, 0.15) is 6.04 Å². The molecule has 3 unspecified atom stereocenters. The van der Waals surface area contributed by atoms with Crippen molar-refractivity contribution in [3.8, 4) is 0 Å². The lowest BCUT2D eigenvalue weighted by atomic mass is 9.98. The third-order valence-corrected chi connectivity index (χ3v) is 7.79. The van der Waals surface area contributed by atoms with Crippen LogP contribution in [0, 0.1) is 11.8 Å². The lowest BCUT2D eigenvalue weighted by molar-refractivity contribution is -0.145. The van der Waals surface area contributed by atoms with Crippen LogP contribution < -0.4 is 0 Å². The maximum atomic E-state index is 12.9. The Bertz CT molecular complexity index is 748. The Kier molecular flexibility index (Phi) is 9.75. The number of carbonyl (C=O) groups excluding carboxylic acids is 1. The van der Waals surface area contributed by atoms with E-state index in [1.165, 1.54) is 5.56 Å². The second kappa shape index (κ2) is 12.5. The van der Waals surface area contributed by atoms with E-state index in [1.807, 2.05) is 18.2 Å². The number of likely N-dealkylation sites (tertiary alicyclic amines) is 2. The molecule has 2 aliphatic rings. The van der Waals surface area contributed by atoms with Gasteiger partial charge in [-0.05, 0) is 56.6 Å². The zero-order valence-electron chi connectivity index (χ0n) is 20.8. The van der Waals surface area contributed by atoms with Crippen LogP contribution in [-0.4, -0.2) is 83.0 Å².